The fourth-order valence-electron chi connectivity index (χ4n) is 5.91. The molecule has 0 spiro atoms. The number of benzene rings is 5. The zero-order chi connectivity index (χ0) is 37.4. The van der Waals surface area contributed by atoms with Gasteiger partial charge in [-0.05, 0) is 29.0 Å². The van der Waals surface area contributed by atoms with Crippen LogP contribution in [0, 0.1) is 19.1 Å². The zero-order valence-corrected chi connectivity index (χ0v) is 32.1. The molecular formula is C44H36GeIrN2O-2. The molecule has 0 aliphatic heterocycles. The number of furan rings is 1. The number of aryl methyl sites for hydroxylation is 1. The number of hydrogen-bond acceptors (Lipinski definition) is 3. The van der Waals surface area contributed by atoms with E-state index in [9.17, 15) is 0 Å². The molecule has 0 N–H and O–H groups in total. The topological polar surface area (TPSA) is 38.9 Å². The van der Waals surface area contributed by atoms with E-state index in [1.807, 2.05) is 48.5 Å². The maximum Gasteiger partial charge on any atom is 0.121 e. The summed E-state index contributed by atoms with van der Waals surface area (Å²) in [7, 11) is 0. The van der Waals surface area contributed by atoms with Crippen LogP contribution in [0.2, 0.25) is 17.3 Å². The van der Waals surface area contributed by atoms with E-state index in [4.69, 9.17) is 16.3 Å². The summed E-state index contributed by atoms with van der Waals surface area (Å²) in [5.74, 6) is 7.23. The third-order valence-electron chi connectivity index (χ3n) is 8.25. The number of pyridine rings is 2. The minimum absolute atomic E-state index is 0. The van der Waals surface area contributed by atoms with Gasteiger partial charge in [-0.25, -0.2) is 0 Å². The quantitative estimate of drug-likeness (QED) is 0.128. The number of hydrogen-bond donors (Lipinski definition) is 0. The standard InChI is InChI=1S/C23H14NO.C21H22GeN.Ir/c1-2-7-16(8-3-1)17-12-13-18-19-9-6-10-20(21-11-4-5-14-24-21)23(19)25-22(18)15-17;1-16-13-21(23-15-20(16)22(2,3)4)19-12-8-11-18(14-19)17-9-6-5-7-10-17;/h1-9,11-15H;5-11,13-15H,1-4H3;/q2*-1;/i1D,2D,3D,7D,8D;;. The molecule has 5 heteroatoms. The van der Waals surface area contributed by atoms with E-state index >= 15 is 0 Å². The Balaban J connectivity index is 0.000000187. The molecule has 0 aliphatic carbocycles. The summed E-state index contributed by atoms with van der Waals surface area (Å²) in [6, 6.07) is 38.5. The minimum atomic E-state index is -1.85. The summed E-state index contributed by atoms with van der Waals surface area (Å²) < 4.78 is 47.7. The van der Waals surface area contributed by atoms with E-state index in [1.165, 1.54) is 21.1 Å². The first kappa shape index (κ1) is 28.3. The van der Waals surface area contributed by atoms with E-state index in [2.05, 4.69) is 90.0 Å². The van der Waals surface area contributed by atoms with E-state index in [0.29, 0.717) is 16.7 Å². The summed E-state index contributed by atoms with van der Waals surface area (Å²) >= 11 is -1.85. The average molecular weight is 879 g/mol. The predicted molar refractivity (Wildman–Crippen MR) is 203 cm³/mol. The van der Waals surface area contributed by atoms with Crippen LogP contribution in [0.15, 0.2) is 150 Å². The van der Waals surface area contributed by atoms with Gasteiger partial charge in [0.25, 0.3) is 0 Å². The smallest absolute Gasteiger partial charge is 0.121 e. The van der Waals surface area contributed by atoms with Crippen molar-refractivity contribution in [1.82, 2.24) is 9.97 Å². The summed E-state index contributed by atoms with van der Waals surface area (Å²) in [6.07, 6.45) is 3.80. The van der Waals surface area contributed by atoms with Crippen LogP contribution < -0.4 is 4.40 Å². The fourth-order valence-corrected chi connectivity index (χ4v) is 9.49. The molecule has 3 heterocycles. The van der Waals surface area contributed by atoms with Gasteiger partial charge < -0.3 is 9.40 Å². The Morgan fingerprint density at radius 1 is 0.673 bits per heavy atom. The Bertz CT molecular complexity index is 2600. The van der Waals surface area contributed by atoms with Crippen molar-refractivity contribution >= 4 is 39.6 Å². The molecule has 3 nitrogen and oxygen atoms in total. The average Bonchev–Trinajstić information content (AvgIpc) is 3.55. The molecule has 0 saturated heterocycles. The molecule has 0 saturated carbocycles. The molecule has 0 fully saturated rings. The van der Waals surface area contributed by atoms with Gasteiger partial charge >= 0.3 is 142 Å². The Morgan fingerprint density at radius 2 is 1.43 bits per heavy atom. The first-order valence-electron chi connectivity index (χ1n) is 18.3. The zero-order valence-electron chi connectivity index (χ0n) is 32.6. The first-order chi connectivity index (χ1) is 25.4. The molecular weight excluding hydrogens is 837 g/mol. The normalized spacial score (nSPS) is 12.5. The molecule has 8 rings (SSSR count). The number of nitrogens with zero attached hydrogens (tertiary/aromatic N) is 2. The van der Waals surface area contributed by atoms with Crippen LogP contribution in [0.5, 0.6) is 0 Å². The van der Waals surface area contributed by atoms with Gasteiger partial charge in [-0.15, -0.1) is 18.2 Å². The van der Waals surface area contributed by atoms with Gasteiger partial charge in [-0.1, -0.05) is 65.4 Å². The summed E-state index contributed by atoms with van der Waals surface area (Å²) in [6.45, 7) is 2.21. The number of fused-ring (bicyclic) bond motifs is 3. The van der Waals surface area contributed by atoms with Crippen LogP contribution >= 0.6 is 0 Å². The third kappa shape index (κ3) is 7.53. The second-order valence-corrected chi connectivity index (χ2v) is 23.2. The molecule has 49 heavy (non-hydrogen) atoms. The summed E-state index contributed by atoms with van der Waals surface area (Å²) in [5.41, 5.74) is 9.20. The van der Waals surface area contributed by atoms with Crippen LogP contribution in [0.3, 0.4) is 0 Å². The van der Waals surface area contributed by atoms with E-state index in [1.54, 1.807) is 18.3 Å². The summed E-state index contributed by atoms with van der Waals surface area (Å²) in [5, 5.41) is 1.77. The Kier molecular flexibility index (Phi) is 8.58. The number of rotatable bonds is 5. The van der Waals surface area contributed by atoms with Gasteiger partial charge in [0.1, 0.15) is 5.58 Å². The van der Waals surface area contributed by atoms with Crippen molar-refractivity contribution in [2.24, 2.45) is 0 Å². The molecule has 1 radical (unpaired) electrons. The van der Waals surface area contributed by atoms with Gasteiger partial charge in [0.2, 0.25) is 0 Å². The van der Waals surface area contributed by atoms with Crippen molar-refractivity contribution in [3.63, 3.8) is 0 Å². The second kappa shape index (κ2) is 14.9. The molecule has 243 valence electrons. The van der Waals surface area contributed by atoms with Gasteiger partial charge in [-0.3, -0.25) is 0 Å². The molecule has 5 aromatic carbocycles. The van der Waals surface area contributed by atoms with Gasteiger partial charge in [-0.2, -0.15) is 0 Å². The Labute approximate surface area is 311 Å². The molecule has 0 aliphatic rings. The molecule has 0 atom stereocenters. The molecule has 0 amide bonds. The monoisotopic (exact) mass is 880 g/mol. The maximum atomic E-state index is 8.22. The molecule has 8 aromatic rings. The van der Waals surface area contributed by atoms with E-state index in [0.717, 1.165) is 33.3 Å². The van der Waals surface area contributed by atoms with Crippen molar-refractivity contribution in [3.8, 4) is 44.8 Å². The molecule has 0 bridgehead atoms. The van der Waals surface area contributed by atoms with Crippen molar-refractivity contribution in [1.29, 1.82) is 0 Å². The Hall–Kier alpha value is -4.61. The third-order valence-corrected chi connectivity index (χ3v) is 12.7. The van der Waals surface area contributed by atoms with Crippen molar-refractivity contribution in [2.45, 2.75) is 24.2 Å². The Morgan fingerprint density at radius 3 is 2.16 bits per heavy atom. The van der Waals surface area contributed by atoms with Gasteiger partial charge in [0, 0.05) is 31.7 Å². The SMILES string of the molecule is Cc1cc(-c2[c-]ccc(-c3ccccc3)c2)nc[c]1[Ge]([CH3])([CH3])[CH3].[2H]c1c([2H])c([2H])c(-c2ccc3c(c2)oc2c(-c4ccccn4)[c-]ccc23)c([2H])c1[2H].[Ir]. The molecule has 3 aromatic heterocycles. The van der Waals surface area contributed by atoms with Crippen LogP contribution in [0.1, 0.15) is 12.4 Å². The second-order valence-electron chi connectivity index (χ2n) is 12.6. The minimum Gasteiger partial charge on any atom is -0.501 e. The fraction of sp³-hybridized carbons (Fsp3) is 0.0909. The van der Waals surface area contributed by atoms with E-state index < -0.39 is 19.3 Å². The maximum absolute atomic E-state index is 8.22. The van der Waals surface area contributed by atoms with Crippen molar-refractivity contribution in [2.75, 3.05) is 0 Å². The molecule has 0 unspecified atom stereocenters. The van der Waals surface area contributed by atoms with Crippen molar-refractivity contribution in [3.05, 3.63) is 163 Å². The van der Waals surface area contributed by atoms with Gasteiger partial charge in [0.05, 0.1) is 12.4 Å². The van der Waals surface area contributed by atoms with Crippen LogP contribution in [-0.4, -0.2) is 23.2 Å². The number of aromatic nitrogens is 2. The largest absolute Gasteiger partial charge is 0.501 e. The van der Waals surface area contributed by atoms with Crippen molar-refractivity contribution < 1.29 is 31.4 Å². The van der Waals surface area contributed by atoms with E-state index in [-0.39, 0.29) is 49.8 Å². The van der Waals surface area contributed by atoms with Crippen LogP contribution in [0.25, 0.3) is 66.7 Å². The van der Waals surface area contributed by atoms with Crippen LogP contribution in [0.4, 0.5) is 0 Å². The summed E-state index contributed by atoms with van der Waals surface area (Å²) in [4.78, 5) is 9.11. The van der Waals surface area contributed by atoms with Gasteiger partial charge in [0.15, 0.2) is 0 Å². The predicted octanol–water partition coefficient (Wildman–Crippen LogP) is 11.2. The first-order valence-corrected chi connectivity index (χ1v) is 23.2. The van der Waals surface area contributed by atoms with Crippen LogP contribution in [-0.2, 0) is 20.1 Å².